The summed E-state index contributed by atoms with van der Waals surface area (Å²) >= 11 is 7.17. The smallest absolute Gasteiger partial charge is 0.236 e. The number of carbonyl (C=O) groups is 1. The van der Waals surface area contributed by atoms with E-state index in [-0.39, 0.29) is 5.91 Å². The second kappa shape index (κ2) is 4.39. The first-order chi connectivity index (χ1) is 6.09. The van der Waals surface area contributed by atoms with Gasteiger partial charge in [0, 0.05) is 6.92 Å². The number of nitrogens with zero attached hydrogens (tertiary/aromatic N) is 1. The first kappa shape index (κ1) is 10.2. The van der Waals surface area contributed by atoms with Gasteiger partial charge in [-0.1, -0.05) is 11.6 Å². The molecular formula is C8H9ClN2OS. The van der Waals surface area contributed by atoms with Crippen LogP contribution in [-0.2, 0) is 4.79 Å². The van der Waals surface area contributed by atoms with Crippen molar-refractivity contribution >= 4 is 34.6 Å². The van der Waals surface area contributed by atoms with Gasteiger partial charge in [0.2, 0.25) is 5.91 Å². The van der Waals surface area contributed by atoms with Crippen LogP contribution in [0.25, 0.3) is 0 Å². The van der Waals surface area contributed by atoms with Crippen LogP contribution in [0.1, 0.15) is 18.7 Å². The molecule has 1 rings (SSSR count). The number of hydrazone groups is 1. The summed E-state index contributed by atoms with van der Waals surface area (Å²) in [6, 6.07) is 3.67. The molecule has 0 aromatic carbocycles. The highest BCUT2D eigenvalue weighted by Gasteiger charge is 2.01. The van der Waals surface area contributed by atoms with E-state index < -0.39 is 0 Å². The van der Waals surface area contributed by atoms with Gasteiger partial charge in [0.05, 0.1) is 14.9 Å². The molecule has 0 saturated heterocycles. The van der Waals surface area contributed by atoms with Gasteiger partial charge in [-0.2, -0.15) is 5.10 Å². The van der Waals surface area contributed by atoms with E-state index in [0.717, 1.165) is 10.6 Å². The zero-order valence-corrected chi connectivity index (χ0v) is 8.87. The molecule has 1 aromatic heterocycles. The van der Waals surface area contributed by atoms with Gasteiger partial charge in [-0.05, 0) is 19.1 Å². The molecule has 0 atom stereocenters. The van der Waals surface area contributed by atoms with Crippen LogP contribution in [0.5, 0.6) is 0 Å². The van der Waals surface area contributed by atoms with Crippen LogP contribution in [-0.4, -0.2) is 11.6 Å². The van der Waals surface area contributed by atoms with Crippen molar-refractivity contribution in [2.24, 2.45) is 5.10 Å². The van der Waals surface area contributed by atoms with Gasteiger partial charge >= 0.3 is 0 Å². The fraction of sp³-hybridized carbons (Fsp3) is 0.250. The Kier molecular flexibility index (Phi) is 3.45. The van der Waals surface area contributed by atoms with E-state index in [1.807, 2.05) is 13.0 Å². The summed E-state index contributed by atoms with van der Waals surface area (Å²) in [6.45, 7) is 3.23. The van der Waals surface area contributed by atoms with E-state index in [4.69, 9.17) is 11.6 Å². The summed E-state index contributed by atoms with van der Waals surface area (Å²) in [4.78, 5) is 11.5. The van der Waals surface area contributed by atoms with Crippen LogP contribution in [0.15, 0.2) is 17.2 Å². The Balaban J connectivity index is 2.72. The van der Waals surface area contributed by atoms with Crippen molar-refractivity contribution in [3.63, 3.8) is 0 Å². The fourth-order valence-corrected chi connectivity index (χ4v) is 1.71. The van der Waals surface area contributed by atoms with E-state index in [1.54, 1.807) is 6.07 Å². The average molecular weight is 217 g/mol. The Morgan fingerprint density at radius 2 is 2.23 bits per heavy atom. The lowest BCUT2D eigenvalue weighted by molar-refractivity contribution is -0.118. The van der Waals surface area contributed by atoms with Crippen molar-refractivity contribution in [2.45, 2.75) is 13.8 Å². The summed E-state index contributed by atoms with van der Waals surface area (Å²) in [7, 11) is 0. The molecule has 0 fully saturated rings. The SMILES string of the molecule is CC(=O)N/N=C(\C)c1ccc(Cl)s1. The number of thiophene rings is 1. The molecule has 0 bridgehead atoms. The van der Waals surface area contributed by atoms with E-state index in [1.165, 1.54) is 18.3 Å². The van der Waals surface area contributed by atoms with Crippen molar-refractivity contribution < 1.29 is 4.79 Å². The number of halogens is 1. The molecule has 0 saturated carbocycles. The molecule has 1 N–H and O–H groups in total. The fourth-order valence-electron chi connectivity index (χ4n) is 0.726. The highest BCUT2D eigenvalue weighted by molar-refractivity contribution is 7.18. The van der Waals surface area contributed by atoms with Crippen LogP contribution in [0.4, 0.5) is 0 Å². The van der Waals surface area contributed by atoms with Gasteiger partial charge in [0.1, 0.15) is 0 Å². The van der Waals surface area contributed by atoms with Crippen LogP contribution in [0.3, 0.4) is 0 Å². The lowest BCUT2D eigenvalue weighted by Gasteiger charge is -1.95. The maximum Gasteiger partial charge on any atom is 0.236 e. The van der Waals surface area contributed by atoms with Gasteiger partial charge in [-0.25, -0.2) is 5.43 Å². The largest absolute Gasteiger partial charge is 0.274 e. The zero-order valence-electron chi connectivity index (χ0n) is 7.30. The Bertz CT molecular complexity index is 346. The Morgan fingerprint density at radius 3 is 2.69 bits per heavy atom. The summed E-state index contributed by atoms with van der Waals surface area (Å²) in [5, 5.41) is 3.88. The number of amides is 1. The molecule has 1 aromatic rings. The van der Waals surface area contributed by atoms with Crippen LogP contribution < -0.4 is 5.43 Å². The Labute approximate surface area is 85.4 Å². The van der Waals surface area contributed by atoms with E-state index in [2.05, 4.69) is 10.5 Å². The van der Waals surface area contributed by atoms with Crippen LogP contribution in [0.2, 0.25) is 4.34 Å². The van der Waals surface area contributed by atoms with Crippen molar-refractivity contribution in [2.75, 3.05) is 0 Å². The topological polar surface area (TPSA) is 41.5 Å². The standard InChI is InChI=1S/C8H9ClN2OS/c1-5(10-11-6(2)12)7-3-4-8(9)13-7/h3-4H,1-2H3,(H,11,12)/b10-5+. The Hall–Kier alpha value is -0.870. The molecule has 70 valence electrons. The molecule has 1 heterocycles. The lowest BCUT2D eigenvalue weighted by Crippen LogP contribution is -2.14. The highest BCUT2D eigenvalue weighted by Crippen LogP contribution is 2.21. The van der Waals surface area contributed by atoms with Gasteiger partial charge in [-0.3, -0.25) is 4.79 Å². The molecule has 3 nitrogen and oxygen atoms in total. The summed E-state index contributed by atoms with van der Waals surface area (Å²) in [6.07, 6.45) is 0. The van der Waals surface area contributed by atoms with Gasteiger partial charge in [-0.15, -0.1) is 11.3 Å². The molecule has 0 spiro atoms. The van der Waals surface area contributed by atoms with Crippen molar-refractivity contribution in [3.05, 3.63) is 21.3 Å². The van der Waals surface area contributed by atoms with Crippen molar-refractivity contribution in [1.82, 2.24) is 5.43 Å². The van der Waals surface area contributed by atoms with Crippen LogP contribution in [0, 0.1) is 0 Å². The number of carbonyl (C=O) groups excluding carboxylic acids is 1. The molecular weight excluding hydrogens is 208 g/mol. The summed E-state index contributed by atoms with van der Waals surface area (Å²) in [5.41, 5.74) is 3.12. The maximum atomic E-state index is 10.5. The normalized spacial score (nSPS) is 11.5. The molecule has 1 amide bonds. The monoisotopic (exact) mass is 216 g/mol. The van der Waals surface area contributed by atoms with E-state index in [0.29, 0.717) is 4.34 Å². The van der Waals surface area contributed by atoms with E-state index >= 15 is 0 Å². The number of rotatable bonds is 2. The van der Waals surface area contributed by atoms with Crippen molar-refractivity contribution in [1.29, 1.82) is 0 Å². The molecule has 0 radical (unpaired) electrons. The first-order valence-corrected chi connectivity index (χ1v) is 4.85. The Morgan fingerprint density at radius 1 is 1.54 bits per heavy atom. The molecule has 5 heteroatoms. The van der Waals surface area contributed by atoms with Crippen LogP contribution >= 0.6 is 22.9 Å². The minimum atomic E-state index is -0.179. The minimum Gasteiger partial charge on any atom is -0.274 e. The second-order valence-corrected chi connectivity index (χ2v) is 4.18. The molecule has 0 aliphatic carbocycles. The first-order valence-electron chi connectivity index (χ1n) is 3.66. The third-order valence-corrected chi connectivity index (χ3v) is 2.65. The second-order valence-electron chi connectivity index (χ2n) is 2.47. The lowest BCUT2D eigenvalue weighted by atomic mass is 10.3. The molecule has 13 heavy (non-hydrogen) atoms. The predicted octanol–water partition coefficient (Wildman–Crippen LogP) is 2.26. The van der Waals surface area contributed by atoms with Crippen molar-refractivity contribution in [3.8, 4) is 0 Å². The molecule has 0 aliphatic rings. The molecule has 0 unspecified atom stereocenters. The van der Waals surface area contributed by atoms with Gasteiger partial charge in [0.25, 0.3) is 0 Å². The average Bonchev–Trinajstić information content (AvgIpc) is 2.47. The summed E-state index contributed by atoms with van der Waals surface area (Å²) < 4.78 is 0.715. The number of nitrogens with one attached hydrogen (secondary N) is 1. The summed E-state index contributed by atoms with van der Waals surface area (Å²) in [5.74, 6) is -0.179. The quantitative estimate of drug-likeness (QED) is 0.598. The predicted molar refractivity (Wildman–Crippen MR) is 55.4 cm³/mol. The number of hydrogen-bond donors (Lipinski definition) is 1. The van der Waals surface area contributed by atoms with E-state index in [9.17, 15) is 4.79 Å². The third-order valence-electron chi connectivity index (χ3n) is 1.31. The highest BCUT2D eigenvalue weighted by atomic mass is 35.5. The third kappa shape index (κ3) is 3.16. The number of hydrogen-bond acceptors (Lipinski definition) is 3. The maximum absolute atomic E-state index is 10.5. The zero-order chi connectivity index (χ0) is 9.84. The van der Waals surface area contributed by atoms with Gasteiger partial charge < -0.3 is 0 Å². The van der Waals surface area contributed by atoms with Gasteiger partial charge in [0.15, 0.2) is 0 Å². The minimum absolute atomic E-state index is 0.179. The molecule has 0 aliphatic heterocycles.